The number of aliphatic hydroxyl groups excluding tert-OH is 1. The maximum Gasteiger partial charge on any atom is 0.102 e. The Hall–Kier alpha value is -1.36. The van der Waals surface area contributed by atoms with Crippen molar-refractivity contribution in [3.8, 4) is 0 Å². The standard InChI is InChI=1S/C13H15NO2S/c14-11-5-3-10(4-6-11)13(15)9-16-8-12-2-1-7-17-12/h1-7,13,15H,8-9,14H2. The molecule has 0 spiro atoms. The van der Waals surface area contributed by atoms with Crippen molar-refractivity contribution in [2.75, 3.05) is 12.3 Å². The lowest BCUT2D eigenvalue weighted by Gasteiger charge is -2.11. The highest BCUT2D eigenvalue weighted by molar-refractivity contribution is 7.09. The minimum Gasteiger partial charge on any atom is -0.399 e. The summed E-state index contributed by atoms with van der Waals surface area (Å²) in [6, 6.07) is 11.2. The molecular weight excluding hydrogens is 234 g/mol. The number of aliphatic hydroxyl groups is 1. The molecule has 4 heteroatoms. The molecule has 1 atom stereocenters. The Bertz CT molecular complexity index is 439. The molecule has 1 aromatic heterocycles. The highest BCUT2D eigenvalue weighted by atomic mass is 32.1. The van der Waals surface area contributed by atoms with Crippen molar-refractivity contribution in [1.82, 2.24) is 0 Å². The van der Waals surface area contributed by atoms with Gasteiger partial charge in [0.1, 0.15) is 6.10 Å². The summed E-state index contributed by atoms with van der Waals surface area (Å²) in [5.74, 6) is 0. The summed E-state index contributed by atoms with van der Waals surface area (Å²) in [6.45, 7) is 0.839. The SMILES string of the molecule is Nc1ccc(C(O)COCc2cccs2)cc1. The van der Waals surface area contributed by atoms with Crippen molar-refractivity contribution in [2.45, 2.75) is 12.7 Å². The third-order valence-corrected chi connectivity index (χ3v) is 3.27. The van der Waals surface area contributed by atoms with Crippen molar-refractivity contribution >= 4 is 17.0 Å². The van der Waals surface area contributed by atoms with Crippen molar-refractivity contribution in [2.24, 2.45) is 0 Å². The number of nitrogen functional groups attached to an aromatic ring is 1. The molecule has 90 valence electrons. The monoisotopic (exact) mass is 249 g/mol. The van der Waals surface area contributed by atoms with Gasteiger partial charge in [0.25, 0.3) is 0 Å². The zero-order chi connectivity index (χ0) is 12.1. The average Bonchev–Trinajstić information content (AvgIpc) is 2.83. The van der Waals surface area contributed by atoms with E-state index in [-0.39, 0.29) is 0 Å². The maximum absolute atomic E-state index is 9.88. The average molecular weight is 249 g/mol. The smallest absolute Gasteiger partial charge is 0.102 e. The zero-order valence-electron chi connectivity index (χ0n) is 9.37. The molecule has 0 radical (unpaired) electrons. The van der Waals surface area contributed by atoms with Crippen LogP contribution in [0.25, 0.3) is 0 Å². The topological polar surface area (TPSA) is 55.5 Å². The quantitative estimate of drug-likeness (QED) is 0.801. The van der Waals surface area contributed by atoms with E-state index in [0.717, 1.165) is 10.4 Å². The number of hydrogen-bond donors (Lipinski definition) is 2. The summed E-state index contributed by atoms with van der Waals surface area (Å²) < 4.78 is 5.45. The van der Waals surface area contributed by atoms with Gasteiger partial charge in [0, 0.05) is 10.6 Å². The second-order valence-corrected chi connectivity index (χ2v) is 4.81. The summed E-state index contributed by atoms with van der Waals surface area (Å²) in [5.41, 5.74) is 7.10. The van der Waals surface area contributed by atoms with E-state index in [0.29, 0.717) is 18.9 Å². The predicted molar refractivity (Wildman–Crippen MR) is 69.8 cm³/mol. The summed E-state index contributed by atoms with van der Waals surface area (Å²) in [6.07, 6.45) is -0.601. The second kappa shape index (κ2) is 5.82. The largest absolute Gasteiger partial charge is 0.399 e. The van der Waals surface area contributed by atoms with E-state index >= 15 is 0 Å². The molecular formula is C13H15NO2S. The van der Waals surface area contributed by atoms with Crippen molar-refractivity contribution in [1.29, 1.82) is 0 Å². The Labute approximate surface area is 104 Å². The van der Waals surface area contributed by atoms with Gasteiger partial charge in [-0.2, -0.15) is 0 Å². The number of rotatable bonds is 5. The van der Waals surface area contributed by atoms with Gasteiger partial charge in [-0.1, -0.05) is 18.2 Å². The second-order valence-electron chi connectivity index (χ2n) is 3.78. The van der Waals surface area contributed by atoms with Crippen LogP contribution in [-0.4, -0.2) is 11.7 Å². The molecule has 0 saturated heterocycles. The Balaban J connectivity index is 1.81. The molecule has 0 aliphatic heterocycles. The van der Waals surface area contributed by atoms with Crippen molar-refractivity contribution in [3.05, 3.63) is 52.2 Å². The van der Waals surface area contributed by atoms with Crippen LogP contribution < -0.4 is 5.73 Å². The molecule has 2 rings (SSSR count). The van der Waals surface area contributed by atoms with Crippen LogP contribution in [0.3, 0.4) is 0 Å². The van der Waals surface area contributed by atoms with E-state index in [1.54, 1.807) is 23.5 Å². The van der Waals surface area contributed by atoms with Gasteiger partial charge in [0.15, 0.2) is 0 Å². The van der Waals surface area contributed by atoms with Gasteiger partial charge in [-0.15, -0.1) is 11.3 Å². The molecule has 2 aromatic rings. The highest BCUT2D eigenvalue weighted by Crippen LogP contribution is 2.16. The van der Waals surface area contributed by atoms with Crippen molar-refractivity contribution in [3.63, 3.8) is 0 Å². The maximum atomic E-state index is 9.88. The number of benzene rings is 1. The number of thiophene rings is 1. The number of anilines is 1. The van der Waals surface area contributed by atoms with Gasteiger partial charge >= 0.3 is 0 Å². The molecule has 0 aliphatic carbocycles. The molecule has 0 fully saturated rings. The summed E-state index contributed by atoms with van der Waals surface area (Å²) in [4.78, 5) is 1.16. The van der Waals surface area contributed by atoms with E-state index in [4.69, 9.17) is 10.5 Å². The molecule has 3 N–H and O–H groups in total. The molecule has 3 nitrogen and oxygen atoms in total. The van der Waals surface area contributed by atoms with Gasteiger partial charge in [-0.05, 0) is 29.1 Å². The lowest BCUT2D eigenvalue weighted by Crippen LogP contribution is -2.06. The van der Waals surface area contributed by atoms with Crippen LogP contribution in [0.2, 0.25) is 0 Å². The first-order valence-corrected chi connectivity index (χ1v) is 6.27. The Morgan fingerprint density at radius 3 is 2.65 bits per heavy atom. The van der Waals surface area contributed by atoms with Gasteiger partial charge in [0.2, 0.25) is 0 Å². The number of hydrogen-bond acceptors (Lipinski definition) is 4. The highest BCUT2D eigenvalue weighted by Gasteiger charge is 2.07. The zero-order valence-corrected chi connectivity index (χ0v) is 10.2. The van der Waals surface area contributed by atoms with Gasteiger partial charge in [0.05, 0.1) is 13.2 Å². The lowest BCUT2D eigenvalue weighted by atomic mass is 10.1. The first kappa shape index (κ1) is 12.1. The van der Waals surface area contributed by atoms with Gasteiger partial charge in [-0.25, -0.2) is 0 Å². The van der Waals surface area contributed by atoms with Crippen LogP contribution in [-0.2, 0) is 11.3 Å². The van der Waals surface area contributed by atoms with E-state index in [1.807, 2.05) is 29.6 Å². The molecule has 0 amide bonds. The van der Waals surface area contributed by atoms with E-state index in [2.05, 4.69) is 0 Å². The minimum atomic E-state index is -0.601. The third kappa shape index (κ3) is 3.56. The van der Waals surface area contributed by atoms with E-state index in [1.165, 1.54) is 0 Å². The number of ether oxygens (including phenoxy) is 1. The Morgan fingerprint density at radius 1 is 1.24 bits per heavy atom. The molecule has 1 unspecified atom stereocenters. The summed E-state index contributed by atoms with van der Waals surface area (Å²) in [5, 5.41) is 11.9. The summed E-state index contributed by atoms with van der Waals surface area (Å²) in [7, 11) is 0. The predicted octanol–water partition coefficient (Wildman–Crippen LogP) is 2.58. The molecule has 0 bridgehead atoms. The molecule has 0 aliphatic rings. The van der Waals surface area contributed by atoms with Crippen LogP contribution >= 0.6 is 11.3 Å². The first-order valence-electron chi connectivity index (χ1n) is 5.39. The normalized spacial score (nSPS) is 12.5. The van der Waals surface area contributed by atoms with Crippen LogP contribution in [0.15, 0.2) is 41.8 Å². The minimum absolute atomic E-state index is 0.293. The van der Waals surface area contributed by atoms with Crippen LogP contribution in [0.5, 0.6) is 0 Å². The van der Waals surface area contributed by atoms with Gasteiger partial charge < -0.3 is 15.6 Å². The Kier molecular flexibility index (Phi) is 4.14. The Morgan fingerprint density at radius 2 is 2.00 bits per heavy atom. The fourth-order valence-electron chi connectivity index (χ4n) is 1.48. The van der Waals surface area contributed by atoms with Gasteiger partial charge in [-0.3, -0.25) is 0 Å². The van der Waals surface area contributed by atoms with Crippen LogP contribution in [0.4, 0.5) is 5.69 Å². The lowest BCUT2D eigenvalue weighted by molar-refractivity contribution is 0.0287. The third-order valence-electron chi connectivity index (χ3n) is 2.42. The fraction of sp³-hybridized carbons (Fsp3) is 0.231. The van der Waals surface area contributed by atoms with Crippen molar-refractivity contribution < 1.29 is 9.84 Å². The molecule has 1 heterocycles. The fourth-order valence-corrected chi connectivity index (χ4v) is 2.12. The molecule has 0 saturated carbocycles. The molecule has 17 heavy (non-hydrogen) atoms. The number of nitrogens with two attached hydrogens (primary N) is 1. The van der Waals surface area contributed by atoms with E-state index in [9.17, 15) is 5.11 Å². The summed E-state index contributed by atoms with van der Waals surface area (Å²) >= 11 is 1.65. The van der Waals surface area contributed by atoms with E-state index < -0.39 is 6.10 Å². The van der Waals surface area contributed by atoms with Crippen LogP contribution in [0, 0.1) is 0 Å². The first-order chi connectivity index (χ1) is 8.25. The van der Waals surface area contributed by atoms with Crippen LogP contribution in [0.1, 0.15) is 16.5 Å². The molecule has 1 aromatic carbocycles.